The number of amides is 2. The normalized spacial score (nSPS) is 18.8. The fourth-order valence-corrected chi connectivity index (χ4v) is 2.54. The quantitative estimate of drug-likeness (QED) is 0.849. The molecule has 1 rings (SSSR count). The van der Waals surface area contributed by atoms with E-state index in [-0.39, 0.29) is 11.6 Å². The van der Waals surface area contributed by atoms with Crippen LogP contribution in [0.3, 0.4) is 0 Å². The molecule has 0 aromatic carbocycles. The summed E-state index contributed by atoms with van der Waals surface area (Å²) in [6, 6.07) is -0.934. The summed E-state index contributed by atoms with van der Waals surface area (Å²) in [6.45, 7) is 11.2. The number of likely N-dealkylation sites (N-methyl/N-ethyl adjacent to an activating group) is 1. The van der Waals surface area contributed by atoms with E-state index in [1.54, 1.807) is 18.9 Å². The first-order valence-corrected chi connectivity index (χ1v) is 7.18. The predicted molar refractivity (Wildman–Crippen MR) is 77.8 cm³/mol. The zero-order valence-corrected chi connectivity index (χ0v) is 13.2. The highest BCUT2D eigenvalue weighted by Crippen LogP contribution is 2.17. The Morgan fingerprint density at radius 2 is 1.70 bits per heavy atom. The van der Waals surface area contributed by atoms with Crippen molar-refractivity contribution in [2.45, 2.75) is 45.7 Å². The molecular weight excluding hydrogens is 258 g/mol. The van der Waals surface area contributed by atoms with Crippen LogP contribution in [0.25, 0.3) is 0 Å². The molecule has 20 heavy (non-hydrogen) atoms. The van der Waals surface area contributed by atoms with Gasteiger partial charge in [0.2, 0.25) is 0 Å². The molecule has 6 heteroatoms. The van der Waals surface area contributed by atoms with E-state index >= 15 is 0 Å². The van der Waals surface area contributed by atoms with Crippen molar-refractivity contribution >= 4 is 12.0 Å². The molecule has 1 N–H and O–H groups in total. The first-order chi connectivity index (χ1) is 9.18. The van der Waals surface area contributed by atoms with Crippen molar-refractivity contribution in [1.82, 2.24) is 14.7 Å². The third-order valence-corrected chi connectivity index (χ3v) is 3.94. The molecule has 1 saturated heterocycles. The second kappa shape index (κ2) is 6.43. The van der Waals surface area contributed by atoms with E-state index < -0.39 is 12.0 Å². The summed E-state index contributed by atoms with van der Waals surface area (Å²) >= 11 is 0. The lowest BCUT2D eigenvalue weighted by Gasteiger charge is -2.43. The van der Waals surface area contributed by atoms with Gasteiger partial charge in [-0.2, -0.15) is 0 Å². The fraction of sp³-hybridized carbons (Fsp3) is 0.857. The van der Waals surface area contributed by atoms with Gasteiger partial charge in [-0.15, -0.1) is 0 Å². The molecule has 1 aliphatic heterocycles. The van der Waals surface area contributed by atoms with Crippen LogP contribution in [0.5, 0.6) is 0 Å². The van der Waals surface area contributed by atoms with Crippen LogP contribution in [0.4, 0.5) is 4.79 Å². The number of carboxylic acids is 1. The fourth-order valence-electron chi connectivity index (χ4n) is 2.54. The van der Waals surface area contributed by atoms with Crippen molar-refractivity contribution in [3.05, 3.63) is 0 Å². The summed E-state index contributed by atoms with van der Waals surface area (Å²) in [5.41, 5.74) is 0.105. The molecule has 0 saturated carbocycles. The number of nitrogens with zero attached hydrogens (tertiary/aromatic N) is 3. The number of carbonyl (C=O) groups is 2. The van der Waals surface area contributed by atoms with E-state index in [1.807, 2.05) is 0 Å². The molecule has 0 aromatic heterocycles. The van der Waals surface area contributed by atoms with Gasteiger partial charge in [-0.05, 0) is 27.2 Å². The van der Waals surface area contributed by atoms with Gasteiger partial charge < -0.3 is 14.9 Å². The van der Waals surface area contributed by atoms with Gasteiger partial charge in [-0.25, -0.2) is 9.59 Å². The number of carbonyl (C=O) groups excluding carboxylic acids is 1. The molecule has 0 aromatic rings. The number of hydrogen-bond acceptors (Lipinski definition) is 3. The lowest BCUT2D eigenvalue weighted by atomic mass is 10.1. The number of rotatable bonds is 3. The van der Waals surface area contributed by atoms with Crippen LogP contribution < -0.4 is 0 Å². The Labute approximate surface area is 121 Å². The van der Waals surface area contributed by atoms with Gasteiger partial charge in [-0.1, -0.05) is 6.92 Å². The van der Waals surface area contributed by atoms with Crippen LogP contribution >= 0.6 is 0 Å². The predicted octanol–water partition coefficient (Wildman–Crippen LogP) is 1.32. The maximum absolute atomic E-state index is 12.3. The molecule has 116 valence electrons. The van der Waals surface area contributed by atoms with Crippen molar-refractivity contribution in [2.24, 2.45) is 0 Å². The lowest BCUT2D eigenvalue weighted by molar-refractivity contribution is -0.142. The van der Waals surface area contributed by atoms with Crippen LogP contribution in [0, 0.1) is 0 Å². The van der Waals surface area contributed by atoms with E-state index in [0.717, 1.165) is 13.1 Å². The van der Waals surface area contributed by atoms with Gasteiger partial charge in [0.15, 0.2) is 0 Å². The van der Waals surface area contributed by atoms with Crippen LogP contribution in [-0.2, 0) is 4.79 Å². The first-order valence-electron chi connectivity index (χ1n) is 7.18. The first kappa shape index (κ1) is 16.8. The number of piperazine rings is 1. The van der Waals surface area contributed by atoms with Gasteiger partial charge in [0.25, 0.3) is 0 Å². The minimum atomic E-state index is -0.948. The largest absolute Gasteiger partial charge is 0.480 e. The molecule has 0 bridgehead atoms. The Kier molecular flexibility index (Phi) is 5.39. The van der Waals surface area contributed by atoms with Crippen molar-refractivity contribution < 1.29 is 14.7 Å². The molecule has 1 aliphatic rings. The summed E-state index contributed by atoms with van der Waals surface area (Å²) < 4.78 is 0. The molecular formula is C14H27N3O3. The monoisotopic (exact) mass is 285 g/mol. The summed E-state index contributed by atoms with van der Waals surface area (Å²) in [5.74, 6) is -0.948. The highest BCUT2D eigenvalue weighted by atomic mass is 16.4. The van der Waals surface area contributed by atoms with Crippen molar-refractivity contribution in [3.8, 4) is 0 Å². The van der Waals surface area contributed by atoms with Crippen molar-refractivity contribution in [1.29, 1.82) is 0 Å². The minimum absolute atomic E-state index is 0.105. The van der Waals surface area contributed by atoms with Crippen LogP contribution in [0.1, 0.15) is 34.1 Å². The number of aliphatic carboxylic acids is 1. The Balaban J connectivity index is 2.60. The number of urea groups is 1. The Bertz CT molecular complexity index is 357. The van der Waals surface area contributed by atoms with Gasteiger partial charge in [0.05, 0.1) is 0 Å². The second-order valence-corrected chi connectivity index (χ2v) is 6.30. The minimum Gasteiger partial charge on any atom is -0.480 e. The molecule has 1 atom stereocenters. The van der Waals surface area contributed by atoms with E-state index in [2.05, 4.69) is 25.7 Å². The summed E-state index contributed by atoms with van der Waals surface area (Å²) in [7, 11) is 1.57. The maximum atomic E-state index is 12.3. The standard InChI is InChI=1S/C14H27N3O3/c1-6-11(12(18)19)15(5)13(20)16-7-9-17(10-8-16)14(2,3)4/h11H,6-10H2,1-5H3,(H,18,19). The lowest BCUT2D eigenvalue weighted by Crippen LogP contribution is -2.58. The summed E-state index contributed by atoms with van der Waals surface area (Å²) in [4.78, 5) is 28.9. The zero-order chi connectivity index (χ0) is 15.5. The van der Waals surface area contributed by atoms with E-state index in [9.17, 15) is 9.59 Å². The SMILES string of the molecule is CCC(C(=O)O)N(C)C(=O)N1CCN(C(C)(C)C)CC1. The average Bonchev–Trinajstić information content (AvgIpc) is 2.37. The molecule has 1 unspecified atom stereocenters. The molecule has 0 aliphatic carbocycles. The maximum Gasteiger partial charge on any atom is 0.326 e. The highest BCUT2D eigenvalue weighted by Gasteiger charge is 2.32. The Hall–Kier alpha value is -1.30. The van der Waals surface area contributed by atoms with Crippen LogP contribution in [0.15, 0.2) is 0 Å². The average molecular weight is 285 g/mol. The Morgan fingerprint density at radius 3 is 2.05 bits per heavy atom. The molecule has 6 nitrogen and oxygen atoms in total. The molecule has 2 amide bonds. The number of carboxylic acid groups (broad SMARTS) is 1. The van der Waals surface area contributed by atoms with Gasteiger partial charge >= 0.3 is 12.0 Å². The van der Waals surface area contributed by atoms with Gasteiger partial charge in [0, 0.05) is 38.8 Å². The van der Waals surface area contributed by atoms with Crippen LogP contribution in [0.2, 0.25) is 0 Å². The molecule has 0 spiro atoms. The molecule has 0 radical (unpaired) electrons. The van der Waals surface area contributed by atoms with E-state index in [4.69, 9.17) is 5.11 Å². The number of hydrogen-bond donors (Lipinski definition) is 1. The summed E-state index contributed by atoms with van der Waals surface area (Å²) in [5, 5.41) is 9.12. The highest BCUT2D eigenvalue weighted by molar-refractivity contribution is 5.82. The second-order valence-electron chi connectivity index (χ2n) is 6.30. The third-order valence-electron chi connectivity index (χ3n) is 3.94. The van der Waals surface area contributed by atoms with Crippen LogP contribution in [-0.4, -0.2) is 76.6 Å². The van der Waals surface area contributed by atoms with E-state index in [1.165, 1.54) is 4.90 Å². The van der Waals surface area contributed by atoms with Gasteiger partial charge in [-0.3, -0.25) is 4.90 Å². The molecule has 1 fully saturated rings. The van der Waals surface area contributed by atoms with E-state index in [0.29, 0.717) is 19.5 Å². The van der Waals surface area contributed by atoms with Crippen molar-refractivity contribution in [3.63, 3.8) is 0 Å². The third kappa shape index (κ3) is 3.85. The van der Waals surface area contributed by atoms with Gasteiger partial charge in [0.1, 0.15) is 6.04 Å². The summed E-state index contributed by atoms with van der Waals surface area (Å²) in [6.07, 6.45) is 0.416. The molecule has 1 heterocycles. The zero-order valence-electron chi connectivity index (χ0n) is 13.2. The smallest absolute Gasteiger partial charge is 0.326 e. The van der Waals surface area contributed by atoms with Crippen molar-refractivity contribution in [2.75, 3.05) is 33.2 Å². The topological polar surface area (TPSA) is 64.1 Å². The Morgan fingerprint density at radius 1 is 1.20 bits per heavy atom.